The first kappa shape index (κ1) is 15.2. The van der Waals surface area contributed by atoms with Crippen molar-refractivity contribution in [3.8, 4) is 0 Å². The predicted octanol–water partition coefficient (Wildman–Crippen LogP) is 4.12. The van der Waals surface area contributed by atoms with Crippen molar-refractivity contribution in [2.75, 3.05) is 19.6 Å². The quantitative estimate of drug-likeness (QED) is 0.878. The highest BCUT2D eigenvalue weighted by atomic mass is 35.5. The Morgan fingerprint density at radius 1 is 1.36 bits per heavy atom. The zero-order valence-corrected chi connectivity index (χ0v) is 13.6. The number of hydrogen-bond acceptors (Lipinski definition) is 1. The van der Waals surface area contributed by atoms with Gasteiger partial charge in [0.25, 0.3) is 0 Å². The van der Waals surface area contributed by atoms with E-state index in [0.29, 0.717) is 5.92 Å². The maximum Gasteiger partial charge on any atom is 0.317 e. The van der Waals surface area contributed by atoms with E-state index in [2.05, 4.69) is 23.3 Å². The Hall–Kier alpha value is -1.68. The summed E-state index contributed by atoms with van der Waals surface area (Å²) in [6, 6.07) is 8.19. The summed E-state index contributed by atoms with van der Waals surface area (Å²) in [5.41, 5.74) is 2.38. The minimum absolute atomic E-state index is 0.0729. The van der Waals surface area contributed by atoms with E-state index in [9.17, 15) is 4.79 Å². The molecule has 1 saturated heterocycles. The number of aromatic nitrogens is 1. The van der Waals surface area contributed by atoms with E-state index >= 15 is 0 Å². The van der Waals surface area contributed by atoms with Crippen molar-refractivity contribution in [1.29, 1.82) is 0 Å². The Morgan fingerprint density at radius 3 is 2.86 bits per heavy atom. The van der Waals surface area contributed by atoms with E-state index in [1.165, 1.54) is 5.69 Å². The molecule has 0 atom stereocenters. The van der Waals surface area contributed by atoms with Gasteiger partial charge in [0.05, 0.1) is 0 Å². The fraction of sp³-hybridized carbons (Fsp3) is 0.471. The molecule has 1 aliphatic heterocycles. The Kier molecular flexibility index (Phi) is 4.57. The highest BCUT2D eigenvalue weighted by Gasteiger charge is 2.24. The van der Waals surface area contributed by atoms with Crippen LogP contribution in [-0.4, -0.2) is 35.5 Å². The number of carbonyl (C=O) groups is 1. The van der Waals surface area contributed by atoms with Crippen LogP contribution in [-0.2, 0) is 0 Å². The van der Waals surface area contributed by atoms with Crippen molar-refractivity contribution in [2.45, 2.75) is 32.1 Å². The van der Waals surface area contributed by atoms with Gasteiger partial charge in [0.1, 0.15) is 0 Å². The molecule has 2 aromatic rings. The number of piperidine rings is 1. The fourth-order valence-corrected chi connectivity index (χ4v) is 3.26. The lowest BCUT2D eigenvalue weighted by Gasteiger charge is -2.31. The van der Waals surface area contributed by atoms with E-state index in [0.717, 1.165) is 54.8 Å². The number of aromatic amines is 1. The first-order valence-electron chi connectivity index (χ1n) is 7.98. The average molecular weight is 320 g/mol. The Labute approximate surface area is 135 Å². The number of benzene rings is 1. The largest absolute Gasteiger partial charge is 0.358 e. The molecule has 1 aromatic heterocycles. The van der Waals surface area contributed by atoms with Crippen LogP contribution in [0.3, 0.4) is 0 Å². The molecular weight excluding hydrogens is 298 g/mol. The molecule has 4 nitrogen and oxygen atoms in total. The van der Waals surface area contributed by atoms with Gasteiger partial charge in [0, 0.05) is 47.2 Å². The van der Waals surface area contributed by atoms with E-state index < -0.39 is 0 Å². The Bertz CT molecular complexity index is 659. The first-order valence-corrected chi connectivity index (χ1v) is 8.36. The van der Waals surface area contributed by atoms with Gasteiger partial charge in [0.15, 0.2) is 0 Å². The maximum atomic E-state index is 12.0. The van der Waals surface area contributed by atoms with Gasteiger partial charge in [-0.15, -0.1) is 0 Å². The molecule has 22 heavy (non-hydrogen) atoms. The van der Waals surface area contributed by atoms with Crippen LogP contribution in [0.25, 0.3) is 10.9 Å². The maximum absolute atomic E-state index is 12.0. The molecule has 2 heterocycles. The van der Waals surface area contributed by atoms with Crippen LogP contribution in [0.1, 0.15) is 37.8 Å². The number of H-pyrrole nitrogens is 1. The van der Waals surface area contributed by atoms with Gasteiger partial charge < -0.3 is 15.2 Å². The lowest BCUT2D eigenvalue weighted by atomic mass is 9.94. The second kappa shape index (κ2) is 6.61. The SMILES string of the molecule is CCCNC(=O)N1CCC(c2cc3cc(Cl)ccc3[nH]2)CC1. The topological polar surface area (TPSA) is 48.1 Å². The molecule has 2 amide bonds. The third-order valence-electron chi connectivity index (χ3n) is 4.35. The second-order valence-electron chi connectivity index (χ2n) is 5.95. The minimum Gasteiger partial charge on any atom is -0.358 e. The molecule has 2 N–H and O–H groups in total. The number of fused-ring (bicyclic) bond motifs is 1. The molecule has 5 heteroatoms. The van der Waals surface area contributed by atoms with E-state index in [-0.39, 0.29) is 6.03 Å². The van der Waals surface area contributed by atoms with Gasteiger partial charge in [-0.25, -0.2) is 4.79 Å². The zero-order valence-electron chi connectivity index (χ0n) is 12.9. The highest BCUT2D eigenvalue weighted by Crippen LogP contribution is 2.30. The standard InChI is InChI=1S/C17H22ClN3O/c1-2-7-19-17(22)21-8-5-12(6-9-21)16-11-13-10-14(18)3-4-15(13)20-16/h3-4,10-12,20H,2,5-9H2,1H3,(H,19,22). The highest BCUT2D eigenvalue weighted by molar-refractivity contribution is 6.31. The summed E-state index contributed by atoms with van der Waals surface area (Å²) < 4.78 is 0. The molecule has 0 bridgehead atoms. The van der Waals surface area contributed by atoms with Crippen LogP contribution in [0.4, 0.5) is 4.79 Å². The number of nitrogens with zero attached hydrogens (tertiary/aromatic N) is 1. The number of urea groups is 1. The summed E-state index contributed by atoms with van der Waals surface area (Å²) in [6.07, 6.45) is 2.97. The number of amides is 2. The van der Waals surface area contributed by atoms with Gasteiger partial charge in [-0.2, -0.15) is 0 Å². The molecule has 0 spiro atoms. The summed E-state index contributed by atoms with van der Waals surface area (Å²) in [5.74, 6) is 0.487. The van der Waals surface area contributed by atoms with Crippen LogP contribution in [0.5, 0.6) is 0 Å². The van der Waals surface area contributed by atoms with Crippen molar-refractivity contribution in [1.82, 2.24) is 15.2 Å². The van der Waals surface area contributed by atoms with Crippen molar-refractivity contribution in [2.24, 2.45) is 0 Å². The van der Waals surface area contributed by atoms with Gasteiger partial charge in [-0.1, -0.05) is 18.5 Å². The van der Waals surface area contributed by atoms with Crippen molar-refractivity contribution < 1.29 is 4.79 Å². The van der Waals surface area contributed by atoms with Gasteiger partial charge >= 0.3 is 6.03 Å². The van der Waals surface area contributed by atoms with Crippen molar-refractivity contribution in [3.05, 3.63) is 35.0 Å². The second-order valence-corrected chi connectivity index (χ2v) is 6.39. The van der Waals surface area contributed by atoms with Crippen LogP contribution in [0.2, 0.25) is 5.02 Å². The summed E-state index contributed by atoms with van der Waals surface area (Å²) >= 11 is 6.04. The van der Waals surface area contributed by atoms with Crippen LogP contribution in [0, 0.1) is 0 Å². The molecule has 3 rings (SSSR count). The number of rotatable bonds is 3. The summed E-state index contributed by atoms with van der Waals surface area (Å²) in [6.45, 7) is 4.45. The summed E-state index contributed by atoms with van der Waals surface area (Å²) in [5, 5.41) is 4.87. The Balaban J connectivity index is 1.64. The molecular formula is C17H22ClN3O. The number of nitrogens with one attached hydrogen (secondary N) is 2. The molecule has 1 aromatic carbocycles. The van der Waals surface area contributed by atoms with Gasteiger partial charge in [-0.3, -0.25) is 0 Å². The predicted molar refractivity (Wildman–Crippen MR) is 90.5 cm³/mol. The number of hydrogen-bond donors (Lipinski definition) is 2. The summed E-state index contributed by atoms with van der Waals surface area (Å²) in [7, 11) is 0. The molecule has 118 valence electrons. The van der Waals surface area contributed by atoms with E-state index in [4.69, 9.17) is 11.6 Å². The molecule has 1 aliphatic rings. The normalized spacial score (nSPS) is 16.2. The average Bonchev–Trinajstić information content (AvgIpc) is 2.95. The first-order chi connectivity index (χ1) is 10.7. The molecule has 0 radical (unpaired) electrons. The number of likely N-dealkylation sites (tertiary alicyclic amines) is 1. The van der Waals surface area contributed by atoms with Crippen molar-refractivity contribution in [3.63, 3.8) is 0 Å². The van der Waals surface area contributed by atoms with Gasteiger partial charge in [-0.05, 0) is 43.5 Å². The van der Waals surface area contributed by atoms with Crippen molar-refractivity contribution >= 4 is 28.5 Å². The minimum atomic E-state index is 0.0729. The fourth-order valence-electron chi connectivity index (χ4n) is 3.08. The molecule has 0 saturated carbocycles. The van der Waals surface area contributed by atoms with Gasteiger partial charge in [0.2, 0.25) is 0 Å². The zero-order chi connectivity index (χ0) is 15.5. The number of carbonyl (C=O) groups excluding carboxylic acids is 1. The number of halogens is 1. The van der Waals surface area contributed by atoms with Crippen LogP contribution >= 0.6 is 11.6 Å². The monoisotopic (exact) mass is 319 g/mol. The van der Waals surface area contributed by atoms with E-state index in [1.807, 2.05) is 23.1 Å². The smallest absolute Gasteiger partial charge is 0.317 e. The lowest BCUT2D eigenvalue weighted by molar-refractivity contribution is 0.181. The van der Waals surface area contributed by atoms with Crippen LogP contribution in [0.15, 0.2) is 24.3 Å². The Morgan fingerprint density at radius 2 is 2.14 bits per heavy atom. The third kappa shape index (κ3) is 3.22. The lowest BCUT2D eigenvalue weighted by Crippen LogP contribution is -2.44. The molecule has 0 unspecified atom stereocenters. The third-order valence-corrected chi connectivity index (χ3v) is 4.59. The van der Waals surface area contributed by atoms with E-state index in [1.54, 1.807) is 0 Å². The van der Waals surface area contributed by atoms with Crippen LogP contribution < -0.4 is 5.32 Å². The molecule has 1 fully saturated rings. The summed E-state index contributed by atoms with van der Waals surface area (Å²) in [4.78, 5) is 17.4. The molecule has 0 aliphatic carbocycles.